The highest BCUT2D eigenvalue weighted by molar-refractivity contribution is 6.10. The number of fused-ring (bicyclic) bond motifs is 1. The molecule has 1 aliphatic carbocycles. The van der Waals surface area contributed by atoms with E-state index in [0.29, 0.717) is 25.1 Å². The molecule has 3 aromatic rings. The lowest BCUT2D eigenvalue weighted by atomic mass is 9.62. The van der Waals surface area contributed by atoms with Crippen LogP contribution < -0.4 is 4.90 Å². The maximum absolute atomic E-state index is 14.0. The first-order valence-corrected chi connectivity index (χ1v) is 12.0. The summed E-state index contributed by atoms with van der Waals surface area (Å²) in [6, 6.07) is 9.93. The van der Waals surface area contributed by atoms with Crippen LogP contribution in [0.1, 0.15) is 58.2 Å². The van der Waals surface area contributed by atoms with Gasteiger partial charge in [-0.2, -0.15) is 13.2 Å². The zero-order valence-corrected chi connectivity index (χ0v) is 20.7. The molecule has 1 saturated carbocycles. The maximum atomic E-state index is 14.0. The molecule has 0 spiro atoms. The van der Waals surface area contributed by atoms with E-state index in [1.165, 1.54) is 23.3 Å². The summed E-state index contributed by atoms with van der Waals surface area (Å²) in [5, 5.41) is 8.38. The van der Waals surface area contributed by atoms with Crippen molar-refractivity contribution in [1.82, 2.24) is 14.8 Å². The lowest BCUT2D eigenvalue weighted by molar-refractivity contribution is -0.138. The molecule has 0 saturated heterocycles. The molecule has 1 aromatic heterocycles. The fraction of sp³-hybridized carbons (Fsp3) is 0.370. The van der Waals surface area contributed by atoms with E-state index >= 15 is 0 Å². The maximum Gasteiger partial charge on any atom is 0.416 e. The van der Waals surface area contributed by atoms with Crippen LogP contribution in [-0.2, 0) is 34.7 Å². The number of halogens is 3. The summed E-state index contributed by atoms with van der Waals surface area (Å²) in [6.07, 6.45) is 1.22. The van der Waals surface area contributed by atoms with Crippen molar-refractivity contribution in [2.75, 3.05) is 18.6 Å². The smallest absolute Gasteiger partial charge is 0.416 e. The Morgan fingerprint density at radius 1 is 1.22 bits per heavy atom. The van der Waals surface area contributed by atoms with E-state index in [1.54, 1.807) is 26.4 Å². The predicted molar refractivity (Wildman–Crippen MR) is 131 cm³/mol. The van der Waals surface area contributed by atoms with Crippen LogP contribution in [0.3, 0.4) is 0 Å². The molecular weight excluding hydrogens is 485 g/mol. The van der Waals surface area contributed by atoms with Gasteiger partial charge in [-0.1, -0.05) is 12.1 Å². The number of benzene rings is 2. The van der Waals surface area contributed by atoms with E-state index in [4.69, 9.17) is 9.47 Å². The SMILES string of the molecule is CCO/C=C/c1cc2c(c(C(F)(F)F)c1)CN(c1cccc(C3(c4nncn4C)CC(OC)C3)c1)C2=O. The fourth-order valence-electron chi connectivity index (χ4n) is 5.33. The third-order valence-electron chi connectivity index (χ3n) is 7.23. The number of aromatic nitrogens is 3. The van der Waals surface area contributed by atoms with Gasteiger partial charge in [-0.25, -0.2) is 0 Å². The average molecular weight is 513 g/mol. The van der Waals surface area contributed by atoms with Crippen LogP contribution in [0.25, 0.3) is 6.08 Å². The normalized spacial score (nSPS) is 21.4. The second-order valence-electron chi connectivity index (χ2n) is 9.41. The van der Waals surface area contributed by atoms with Crippen LogP contribution in [0, 0.1) is 0 Å². The number of ether oxygens (including phenoxy) is 2. The Morgan fingerprint density at radius 3 is 2.65 bits per heavy atom. The van der Waals surface area contributed by atoms with Gasteiger partial charge in [0.2, 0.25) is 0 Å². The standard InChI is InChI=1S/C27H27F3N4O3/c1-4-37-9-8-17-10-21-22(23(11-17)27(28,29)30)15-34(24(21)35)19-7-5-6-18(12-19)26(13-20(14-26)36-3)25-32-31-16-33(25)2/h5-12,16,20H,4,13-15H2,1-3H3/b9-8+. The topological polar surface area (TPSA) is 69.5 Å². The fourth-order valence-corrected chi connectivity index (χ4v) is 5.33. The number of amides is 1. The molecule has 1 aliphatic heterocycles. The van der Waals surface area contributed by atoms with E-state index in [0.717, 1.165) is 17.5 Å². The number of alkyl halides is 3. The largest absolute Gasteiger partial charge is 0.501 e. The second-order valence-corrected chi connectivity index (χ2v) is 9.41. The van der Waals surface area contributed by atoms with Crippen molar-refractivity contribution < 1.29 is 27.4 Å². The van der Waals surface area contributed by atoms with Gasteiger partial charge in [0, 0.05) is 25.4 Å². The number of methoxy groups -OCH3 is 1. The zero-order chi connectivity index (χ0) is 26.4. The molecule has 0 atom stereocenters. The van der Waals surface area contributed by atoms with Gasteiger partial charge >= 0.3 is 6.18 Å². The van der Waals surface area contributed by atoms with E-state index in [2.05, 4.69) is 10.2 Å². The first-order valence-electron chi connectivity index (χ1n) is 12.0. The lowest BCUT2D eigenvalue weighted by Gasteiger charge is -2.46. The number of anilines is 1. The van der Waals surface area contributed by atoms with Gasteiger partial charge in [-0.3, -0.25) is 4.79 Å². The summed E-state index contributed by atoms with van der Waals surface area (Å²) < 4.78 is 54.5. The first-order chi connectivity index (χ1) is 17.7. The molecule has 2 aliphatic rings. The molecule has 0 radical (unpaired) electrons. The molecule has 2 aromatic carbocycles. The molecule has 0 unspecified atom stereocenters. The van der Waals surface area contributed by atoms with E-state index in [1.807, 2.05) is 29.8 Å². The number of hydrogen-bond donors (Lipinski definition) is 0. The molecule has 2 heterocycles. The highest BCUT2D eigenvalue weighted by Gasteiger charge is 2.50. The number of nitrogens with zero attached hydrogens (tertiary/aromatic N) is 4. The van der Waals surface area contributed by atoms with Gasteiger partial charge in [0.05, 0.1) is 36.5 Å². The molecule has 10 heteroatoms. The van der Waals surface area contributed by atoms with Crippen molar-refractivity contribution in [2.24, 2.45) is 7.05 Å². The van der Waals surface area contributed by atoms with Gasteiger partial charge < -0.3 is 18.9 Å². The Balaban J connectivity index is 1.53. The van der Waals surface area contributed by atoms with E-state index in [9.17, 15) is 18.0 Å². The van der Waals surface area contributed by atoms with Crippen LogP contribution in [0.2, 0.25) is 0 Å². The predicted octanol–water partition coefficient (Wildman–Crippen LogP) is 5.10. The van der Waals surface area contributed by atoms with Crippen molar-refractivity contribution >= 4 is 17.7 Å². The van der Waals surface area contributed by atoms with Gasteiger partial charge in [0.15, 0.2) is 0 Å². The van der Waals surface area contributed by atoms with Crippen LogP contribution in [0.4, 0.5) is 18.9 Å². The summed E-state index contributed by atoms with van der Waals surface area (Å²) in [6.45, 7) is 1.99. The van der Waals surface area contributed by atoms with Crippen molar-refractivity contribution in [2.45, 2.75) is 44.0 Å². The summed E-state index contributed by atoms with van der Waals surface area (Å²) >= 11 is 0. The Bertz CT molecular complexity index is 1360. The summed E-state index contributed by atoms with van der Waals surface area (Å²) in [4.78, 5) is 14.8. The van der Waals surface area contributed by atoms with Crippen LogP contribution in [0.15, 0.2) is 49.0 Å². The van der Waals surface area contributed by atoms with Gasteiger partial charge in [-0.15, -0.1) is 10.2 Å². The monoisotopic (exact) mass is 512 g/mol. The van der Waals surface area contributed by atoms with Crippen molar-refractivity contribution in [3.8, 4) is 0 Å². The molecular formula is C27H27F3N4O3. The van der Waals surface area contributed by atoms with Crippen molar-refractivity contribution in [1.29, 1.82) is 0 Å². The van der Waals surface area contributed by atoms with Gasteiger partial charge in [0.25, 0.3) is 5.91 Å². The van der Waals surface area contributed by atoms with E-state index in [-0.39, 0.29) is 29.3 Å². The quantitative estimate of drug-likeness (QED) is 0.412. The molecule has 5 rings (SSSR count). The summed E-state index contributed by atoms with van der Waals surface area (Å²) in [5.74, 6) is 0.305. The number of aryl methyl sites for hydroxylation is 1. The Morgan fingerprint density at radius 2 is 2.00 bits per heavy atom. The van der Waals surface area contributed by atoms with Crippen molar-refractivity contribution in [3.63, 3.8) is 0 Å². The van der Waals surface area contributed by atoms with Crippen LogP contribution >= 0.6 is 0 Å². The molecule has 7 nitrogen and oxygen atoms in total. The lowest BCUT2D eigenvalue weighted by Crippen LogP contribution is -2.48. The molecule has 194 valence electrons. The van der Waals surface area contributed by atoms with E-state index < -0.39 is 23.1 Å². The van der Waals surface area contributed by atoms with Gasteiger partial charge in [0.1, 0.15) is 12.2 Å². The summed E-state index contributed by atoms with van der Waals surface area (Å²) in [5.41, 5.74) is 0.432. The highest BCUT2D eigenvalue weighted by Crippen LogP contribution is 2.50. The Hall–Kier alpha value is -3.66. The second kappa shape index (κ2) is 9.33. The first kappa shape index (κ1) is 25.0. The third kappa shape index (κ3) is 4.29. The van der Waals surface area contributed by atoms with Gasteiger partial charge in [-0.05, 0) is 66.8 Å². The van der Waals surface area contributed by atoms with Crippen molar-refractivity contribution in [3.05, 3.63) is 82.6 Å². The summed E-state index contributed by atoms with van der Waals surface area (Å²) in [7, 11) is 3.54. The molecule has 0 bridgehead atoms. The highest BCUT2D eigenvalue weighted by atomic mass is 19.4. The number of hydrogen-bond acceptors (Lipinski definition) is 5. The minimum absolute atomic E-state index is 0.0254. The number of carbonyl (C=O) groups is 1. The zero-order valence-electron chi connectivity index (χ0n) is 20.7. The Kier molecular flexibility index (Phi) is 6.31. The Labute approximate surface area is 212 Å². The van der Waals surface area contributed by atoms with Crippen LogP contribution in [-0.4, -0.2) is 40.5 Å². The average Bonchev–Trinajstić information content (AvgIpc) is 3.41. The minimum Gasteiger partial charge on any atom is -0.501 e. The minimum atomic E-state index is -4.60. The third-order valence-corrected chi connectivity index (χ3v) is 7.23. The number of carbonyl (C=O) groups excluding carboxylic acids is 1. The van der Waals surface area contributed by atoms with Crippen LogP contribution in [0.5, 0.6) is 0 Å². The number of rotatable bonds is 7. The molecule has 37 heavy (non-hydrogen) atoms. The molecule has 1 amide bonds. The molecule has 1 fully saturated rings. The molecule has 0 N–H and O–H groups in total.